The van der Waals surface area contributed by atoms with Crippen LogP contribution in [0.3, 0.4) is 0 Å². The fourth-order valence-electron chi connectivity index (χ4n) is 4.05. The van der Waals surface area contributed by atoms with Crippen LogP contribution in [0.25, 0.3) is 0 Å². The third-order valence-corrected chi connectivity index (χ3v) is 6.89. The Morgan fingerprint density at radius 3 is 2.39 bits per heavy atom. The first kappa shape index (κ1) is 31.0. The minimum Gasteiger partial charge on any atom is -0.445 e. The first-order chi connectivity index (χ1) is 17.9. The summed E-state index contributed by atoms with van der Waals surface area (Å²) < 4.78 is 44.6. The van der Waals surface area contributed by atoms with Crippen molar-refractivity contribution in [1.82, 2.24) is 16.0 Å². The fourth-order valence-corrected chi connectivity index (χ4v) is 4.87. The predicted molar refractivity (Wildman–Crippen MR) is 137 cm³/mol. The minimum atomic E-state index is -4.99. The van der Waals surface area contributed by atoms with E-state index in [2.05, 4.69) is 16.0 Å². The predicted octanol–water partition coefficient (Wildman–Crippen LogP) is 1.90. The summed E-state index contributed by atoms with van der Waals surface area (Å²) in [7, 11) is -4.99. The monoisotopic (exact) mass is 555 g/mol. The number of hydrogen-bond donors (Lipinski definition) is 4. The third-order valence-electron chi connectivity index (χ3n) is 5.88. The fraction of sp³-hybridized carbons (Fsp3) is 0.600. The number of carbonyl (C=O) groups is 4. The Balaban J connectivity index is 2.22. The number of esters is 1. The molecule has 212 valence electrons. The highest BCUT2D eigenvalue weighted by Crippen LogP contribution is 2.22. The van der Waals surface area contributed by atoms with Crippen LogP contribution in [0.15, 0.2) is 30.3 Å². The zero-order valence-corrected chi connectivity index (χ0v) is 22.7. The van der Waals surface area contributed by atoms with Gasteiger partial charge in [-0.1, -0.05) is 51.1 Å². The second kappa shape index (κ2) is 14.7. The number of carbonyl (C=O) groups excluding carboxylic acids is 4. The van der Waals surface area contributed by atoms with Crippen LogP contribution in [0, 0.1) is 11.8 Å². The molecule has 1 heterocycles. The maximum absolute atomic E-state index is 13.3. The van der Waals surface area contributed by atoms with Gasteiger partial charge in [0.1, 0.15) is 12.6 Å². The van der Waals surface area contributed by atoms with Gasteiger partial charge in [0, 0.05) is 18.9 Å². The van der Waals surface area contributed by atoms with Crippen LogP contribution < -0.4 is 16.0 Å². The van der Waals surface area contributed by atoms with Gasteiger partial charge in [-0.25, -0.2) is 4.79 Å². The van der Waals surface area contributed by atoms with E-state index in [0.29, 0.717) is 19.4 Å². The Hall–Kier alpha value is -3.19. The van der Waals surface area contributed by atoms with Crippen molar-refractivity contribution in [1.29, 1.82) is 0 Å². The molecule has 1 aromatic rings. The zero-order chi connectivity index (χ0) is 28.3. The molecule has 0 saturated carbocycles. The van der Waals surface area contributed by atoms with Crippen LogP contribution in [-0.2, 0) is 40.6 Å². The molecule has 1 fully saturated rings. The van der Waals surface area contributed by atoms with Crippen LogP contribution in [0.1, 0.15) is 58.4 Å². The van der Waals surface area contributed by atoms with Gasteiger partial charge in [0.05, 0.1) is 6.04 Å². The molecule has 2 rings (SSSR count). The lowest BCUT2D eigenvalue weighted by Gasteiger charge is -2.29. The standard InChI is InChI=1S/C25H37N3O9S/c1-4-8-21(29)37-24(38(33,34)35)20(14-18-11-12-26-22(18)30)27-23(31)19(13-16(2)3)28-25(32)36-15-17-9-6-5-7-10-17/h5-7,9-10,16,18-20,24H,4,8,11-15H2,1-3H3,(H,26,30)(H,27,31)(H,28,32)(H,33,34,35)/t18-,19-,20-,24?/m0/s1. The molecular formula is C25H37N3O9S. The molecule has 12 nitrogen and oxygen atoms in total. The molecule has 0 spiro atoms. The normalized spacial score (nSPS) is 17.7. The van der Waals surface area contributed by atoms with Gasteiger partial charge in [0.25, 0.3) is 0 Å². The minimum absolute atomic E-state index is 0.0275. The number of hydrogen-bond acceptors (Lipinski definition) is 8. The van der Waals surface area contributed by atoms with Crippen molar-refractivity contribution in [2.45, 2.75) is 77.0 Å². The maximum Gasteiger partial charge on any atom is 0.408 e. The van der Waals surface area contributed by atoms with E-state index in [-0.39, 0.29) is 37.7 Å². The molecule has 0 bridgehead atoms. The van der Waals surface area contributed by atoms with Crippen LogP contribution >= 0.6 is 0 Å². The number of ether oxygens (including phenoxy) is 2. The van der Waals surface area contributed by atoms with E-state index in [0.717, 1.165) is 5.56 Å². The molecule has 1 aromatic carbocycles. The van der Waals surface area contributed by atoms with Gasteiger partial charge >= 0.3 is 22.2 Å². The summed E-state index contributed by atoms with van der Waals surface area (Å²) in [6.07, 6.45) is -0.275. The van der Waals surface area contributed by atoms with E-state index in [1.54, 1.807) is 31.2 Å². The van der Waals surface area contributed by atoms with Gasteiger partial charge in [-0.2, -0.15) is 8.42 Å². The Labute approximate surface area is 223 Å². The molecule has 13 heteroatoms. The molecule has 0 aromatic heterocycles. The summed E-state index contributed by atoms with van der Waals surface area (Å²) in [5, 5.41) is 7.61. The molecule has 1 aliphatic rings. The van der Waals surface area contributed by atoms with E-state index in [1.165, 1.54) is 0 Å². The first-order valence-electron chi connectivity index (χ1n) is 12.6. The maximum atomic E-state index is 13.3. The lowest BCUT2D eigenvalue weighted by Crippen LogP contribution is -2.55. The van der Waals surface area contributed by atoms with Crippen LogP contribution in [0.4, 0.5) is 4.79 Å². The molecule has 0 aliphatic carbocycles. The van der Waals surface area contributed by atoms with E-state index in [1.807, 2.05) is 19.9 Å². The molecule has 0 radical (unpaired) electrons. The summed E-state index contributed by atoms with van der Waals surface area (Å²) in [6.45, 7) is 5.67. The van der Waals surface area contributed by atoms with Gasteiger partial charge in [0.2, 0.25) is 17.3 Å². The van der Waals surface area contributed by atoms with Crippen LogP contribution in [-0.4, -0.2) is 60.9 Å². The van der Waals surface area contributed by atoms with Gasteiger partial charge in [-0.05, 0) is 37.2 Å². The molecule has 1 aliphatic heterocycles. The highest BCUT2D eigenvalue weighted by atomic mass is 32.2. The summed E-state index contributed by atoms with van der Waals surface area (Å²) in [6, 6.07) is 6.34. The van der Waals surface area contributed by atoms with Gasteiger partial charge in [-0.3, -0.25) is 18.9 Å². The van der Waals surface area contributed by atoms with Crippen molar-refractivity contribution in [3.05, 3.63) is 35.9 Å². The quantitative estimate of drug-likeness (QED) is 0.197. The zero-order valence-electron chi connectivity index (χ0n) is 21.8. The van der Waals surface area contributed by atoms with Gasteiger partial charge in [0.15, 0.2) is 0 Å². The number of nitrogens with one attached hydrogen (secondary N) is 3. The molecule has 4 N–H and O–H groups in total. The molecular weight excluding hydrogens is 518 g/mol. The number of rotatable bonds is 14. The average Bonchev–Trinajstić information content (AvgIpc) is 3.24. The molecule has 3 amide bonds. The van der Waals surface area contributed by atoms with Crippen LogP contribution in [0.5, 0.6) is 0 Å². The second-order valence-corrected chi connectivity index (χ2v) is 11.1. The number of amides is 3. The smallest absolute Gasteiger partial charge is 0.408 e. The Morgan fingerprint density at radius 2 is 1.84 bits per heavy atom. The third kappa shape index (κ3) is 10.3. The Kier molecular flexibility index (Phi) is 12.0. The SMILES string of the molecule is CCCC(=O)OC([C@H](C[C@@H]1CCNC1=O)NC(=O)[C@H](CC(C)C)NC(=O)OCc1ccccc1)S(=O)(=O)O. The van der Waals surface area contributed by atoms with Crippen molar-refractivity contribution in [3.8, 4) is 0 Å². The summed E-state index contributed by atoms with van der Waals surface area (Å²) >= 11 is 0. The van der Waals surface area contributed by atoms with Crippen molar-refractivity contribution in [2.24, 2.45) is 11.8 Å². The molecule has 38 heavy (non-hydrogen) atoms. The lowest BCUT2D eigenvalue weighted by atomic mass is 9.97. The highest BCUT2D eigenvalue weighted by Gasteiger charge is 2.41. The second-order valence-electron chi connectivity index (χ2n) is 9.64. The molecule has 1 saturated heterocycles. The van der Waals surface area contributed by atoms with Crippen molar-refractivity contribution < 1.29 is 41.6 Å². The van der Waals surface area contributed by atoms with E-state index < -0.39 is 51.5 Å². The topological polar surface area (TPSA) is 177 Å². The van der Waals surface area contributed by atoms with E-state index in [9.17, 15) is 32.1 Å². The largest absolute Gasteiger partial charge is 0.445 e. The summed E-state index contributed by atoms with van der Waals surface area (Å²) in [5.74, 6) is -2.74. The van der Waals surface area contributed by atoms with Crippen LogP contribution in [0.2, 0.25) is 0 Å². The molecule has 1 unspecified atom stereocenters. The van der Waals surface area contributed by atoms with Crippen molar-refractivity contribution >= 4 is 34.0 Å². The van der Waals surface area contributed by atoms with Gasteiger partial charge in [-0.15, -0.1) is 0 Å². The number of benzene rings is 1. The number of alkyl carbamates (subject to hydrolysis) is 1. The van der Waals surface area contributed by atoms with E-state index >= 15 is 0 Å². The van der Waals surface area contributed by atoms with E-state index in [4.69, 9.17) is 9.47 Å². The Bertz CT molecular complexity index is 1060. The van der Waals surface area contributed by atoms with Crippen molar-refractivity contribution in [2.75, 3.05) is 6.54 Å². The average molecular weight is 556 g/mol. The van der Waals surface area contributed by atoms with Gasteiger partial charge < -0.3 is 25.4 Å². The lowest BCUT2D eigenvalue weighted by molar-refractivity contribution is -0.148. The Morgan fingerprint density at radius 1 is 1.16 bits per heavy atom. The van der Waals surface area contributed by atoms with Crippen molar-refractivity contribution in [3.63, 3.8) is 0 Å². The first-order valence-corrected chi connectivity index (χ1v) is 14.1. The summed E-state index contributed by atoms with van der Waals surface area (Å²) in [4.78, 5) is 50.1. The summed E-state index contributed by atoms with van der Waals surface area (Å²) in [5.41, 5.74) is -1.39. The molecule has 4 atom stereocenters. The highest BCUT2D eigenvalue weighted by molar-refractivity contribution is 7.86.